The first kappa shape index (κ1) is 10.3. The smallest absolute Gasteiger partial charge is 0.243 e. The Balaban J connectivity index is 2.23. The van der Waals surface area contributed by atoms with Crippen LogP contribution in [0.2, 0.25) is 0 Å². The lowest BCUT2D eigenvalue weighted by atomic mass is 10.2. The third-order valence-electron chi connectivity index (χ3n) is 3.50. The third kappa shape index (κ3) is 1.44. The number of hydrogen-bond donors (Lipinski definition) is 1. The lowest BCUT2D eigenvalue weighted by molar-refractivity contribution is 0.848. The molecule has 2 aromatic rings. The van der Waals surface area contributed by atoms with Crippen LogP contribution in [0.5, 0.6) is 0 Å². The van der Waals surface area contributed by atoms with Crippen molar-refractivity contribution < 1.29 is 0 Å². The molecule has 90 valence electrons. The second-order valence-electron chi connectivity index (χ2n) is 4.56. The molecule has 0 atom stereocenters. The van der Waals surface area contributed by atoms with Gasteiger partial charge in [0.05, 0.1) is 0 Å². The monoisotopic (exact) mass is 232 g/mol. The Kier molecular flexibility index (Phi) is 2.17. The van der Waals surface area contributed by atoms with E-state index in [1.54, 1.807) is 4.52 Å². The minimum absolute atomic E-state index is 0.351. The Morgan fingerprint density at radius 1 is 1.06 bits per heavy atom. The molecule has 6 heteroatoms. The third-order valence-corrected chi connectivity index (χ3v) is 3.50. The fourth-order valence-corrected chi connectivity index (χ4v) is 2.36. The maximum Gasteiger partial charge on any atom is 0.243 e. The van der Waals surface area contributed by atoms with Crippen LogP contribution >= 0.6 is 0 Å². The van der Waals surface area contributed by atoms with Crippen LogP contribution in [0, 0.1) is 13.8 Å². The molecule has 3 heterocycles. The highest BCUT2D eigenvalue weighted by atomic mass is 15.4. The SMILES string of the molecule is Cc1c(N2CCCC2)nn2c(N)nnc2c1C. The first-order valence-corrected chi connectivity index (χ1v) is 5.91. The summed E-state index contributed by atoms with van der Waals surface area (Å²) in [5, 5.41) is 12.5. The van der Waals surface area contributed by atoms with Crippen LogP contribution in [-0.4, -0.2) is 32.9 Å². The number of nitrogens with two attached hydrogens (primary N) is 1. The zero-order valence-electron chi connectivity index (χ0n) is 10.1. The highest BCUT2D eigenvalue weighted by molar-refractivity contribution is 5.60. The number of nitrogens with zero attached hydrogens (tertiary/aromatic N) is 5. The molecule has 0 aromatic carbocycles. The Hall–Kier alpha value is -1.85. The molecule has 2 N–H and O–H groups in total. The molecule has 0 aliphatic carbocycles. The van der Waals surface area contributed by atoms with Gasteiger partial charge in [0.1, 0.15) is 0 Å². The van der Waals surface area contributed by atoms with E-state index in [4.69, 9.17) is 5.73 Å². The molecule has 0 amide bonds. The summed E-state index contributed by atoms with van der Waals surface area (Å²) < 4.78 is 1.63. The van der Waals surface area contributed by atoms with E-state index >= 15 is 0 Å². The van der Waals surface area contributed by atoms with Crippen molar-refractivity contribution in [3.8, 4) is 0 Å². The molecule has 6 nitrogen and oxygen atoms in total. The highest BCUT2D eigenvalue weighted by Gasteiger charge is 2.20. The van der Waals surface area contributed by atoms with Gasteiger partial charge >= 0.3 is 0 Å². The second kappa shape index (κ2) is 3.58. The largest absolute Gasteiger partial charge is 0.366 e. The van der Waals surface area contributed by atoms with Crippen molar-refractivity contribution in [1.29, 1.82) is 0 Å². The van der Waals surface area contributed by atoms with Gasteiger partial charge in [-0.25, -0.2) is 0 Å². The van der Waals surface area contributed by atoms with Crippen molar-refractivity contribution in [1.82, 2.24) is 19.8 Å². The number of aryl methyl sites for hydroxylation is 1. The molecule has 1 fully saturated rings. The van der Waals surface area contributed by atoms with E-state index in [2.05, 4.69) is 27.1 Å². The first-order chi connectivity index (χ1) is 8.18. The number of aromatic nitrogens is 4. The van der Waals surface area contributed by atoms with Crippen molar-refractivity contribution in [3.05, 3.63) is 11.1 Å². The van der Waals surface area contributed by atoms with Gasteiger partial charge in [0, 0.05) is 24.2 Å². The van der Waals surface area contributed by atoms with Crippen LogP contribution in [0.25, 0.3) is 5.65 Å². The van der Waals surface area contributed by atoms with Gasteiger partial charge in [0.25, 0.3) is 0 Å². The number of fused-ring (bicyclic) bond motifs is 1. The molecule has 1 saturated heterocycles. The Labute approximate surface area is 99.4 Å². The molecule has 1 aliphatic heterocycles. The second-order valence-corrected chi connectivity index (χ2v) is 4.56. The lowest BCUT2D eigenvalue weighted by Crippen LogP contribution is -2.22. The Morgan fingerprint density at radius 2 is 1.76 bits per heavy atom. The van der Waals surface area contributed by atoms with Gasteiger partial charge in [0.15, 0.2) is 11.5 Å². The molecule has 0 radical (unpaired) electrons. The summed E-state index contributed by atoms with van der Waals surface area (Å²) in [7, 11) is 0. The standard InChI is InChI=1S/C11H16N6/c1-7-8(2)10(16-5-3-4-6-16)15-17-9(7)13-14-11(17)12/h3-6H2,1-2H3,(H2,12,14). The maximum absolute atomic E-state index is 5.77. The topological polar surface area (TPSA) is 72.3 Å². The minimum atomic E-state index is 0.351. The zero-order chi connectivity index (χ0) is 12.0. The molecule has 0 bridgehead atoms. The maximum atomic E-state index is 5.77. The fraction of sp³-hybridized carbons (Fsp3) is 0.545. The fourth-order valence-electron chi connectivity index (χ4n) is 2.36. The summed E-state index contributed by atoms with van der Waals surface area (Å²) in [5.41, 5.74) is 8.80. The van der Waals surface area contributed by atoms with E-state index in [-0.39, 0.29) is 0 Å². The highest BCUT2D eigenvalue weighted by Crippen LogP contribution is 2.26. The molecule has 0 saturated carbocycles. The number of nitrogen functional groups attached to an aromatic ring is 1. The Morgan fingerprint density at radius 3 is 2.47 bits per heavy atom. The quantitative estimate of drug-likeness (QED) is 0.791. The average molecular weight is 232 g/mol. The van der Waals surface area contributed by atoms with Gasteiger partial charge in [-0.1, -0.05) is 0 Å². The summed E-state index contributed by atoms with van der Waals surface area (Å²) in [6, 6.07) is 0. The van der Waals surface area contributed by atoms with E-state index in [0.717, 1.165) is 30.1 Å². The van der Waals surface area contributed by atoms with Gasteiger partial charge in [-0.15, -0.1) is 15.3 Å². The molecule has 17 heavy (non-hydrogen) atoms. The zero-order valence-corrected chi connectivity index (χ0v) is 10.1. The van der Waals surface area contributed by atoms with Gasteiger partial charge < -0.3 is 10.6 Å². The van der Waals surface area contributed by atoms with Crippen LogP contribution in [-0.2, 0) is 0 Å². The molecule has 3 rings (SSSR count). The molecule has 1 aliphatic rings. The number of anilines is 2. The van der Waals surface area contributed by atoms with E-state index in [9.17, 15) is 0 Å². The van der Waals surface area contributed by atoms with Crippen molar-refractivity contribution in [2.75, 3.05) is 23.7 Å². The summed E-state index contributed by atoms with van der Waals surface area (Å²) in [4.78, 5) is 2.31. The lowest BCUT2D eigenvalue weighted by Gasteiger charge is -2.19. The molecular weight excluding hydrogens is 216 g/mol. The summed E-state index contributed by atoms with van der Waals surface area (Å²) >= 11 is 0. The van der Waals surface area contributed by atoms with Crippen LogP contribution < -0.4 is 10.6 Å². The van der Waals surface area contributed by atoms with Crippen molar-refractivity contribution in [2.24, 2.45) is 0 Å². The van der Waals surface area contributed by atoms with Crippen molar-refractivity contribution in [2.45, 2.75) is 26.7 Å². The van der Waals surface area contributed by atoms with Crippen LogP contribution in [0.3, 0.4) is 0 Å². The molecular formula is C11H16N6. The minimum Gasteiger partial charge on any atom is -0.366 e. The van der Waals surface area contributed by atoms with Crippen molar-refractivity contribution in [3.63, 3.8) is 0 Å². The first-order valence-electron chi connectivity index (χ1n) is 5.91. The van der Waals surface area contributed by atoms with Gasteiger partial charge in [-0.2, -0.15) is 4.52 Å². The summed E-state index contributed by atoms with van der Waals surface area (Å²) in [5.74, 6) is 1.36. The number of hydrogen-bond acceptors (Lipinski definition) is 5. The summed E-state index contributed by atoms with van der Waals surface area (Å²) in [6.07, 6.45) is 2.46. The van der Waals surface area contributed by atoms with Crippen LogP contribution in [0.1, 0.15) is 24.0 Å². The van der Waals surface area contributed by atoms with Crippen LogP contribution in [0.15, 0.2) is 0 Å². The normalized spacial score (nSPS) is 16.0. The van der Waals surface area contributed by atoms with E-state index in [1.807, 2.05) is 6.92 Å². The van der Waals surface area contributed by atoms with E-state index in [1.165, 1.54) is 18.4 Å². The predicted molar refractivity (Wildman–Crippen MR) is 66.1 cm³/mol. The van der Waals surface area contributed by atoms with Crippen LogP contribution in [0.4, 0.5) is 11.8 Å². The molecule has 0 unspecified atom stereocenters. The predicted octanol–water partition coefficient (Wildman–Crippen LogP) is 0.924. The molecule has 0 spiro atoms. The van der Waals surface area contributed by atoms with Gasteiger partial charge in [0.2, 0.25) is 5.95 Å². The van der Waals surface area contributed by atoms with Crippen molar-refractivity contribution >= 4 is 17.4 Å². The Bertz CT molecular complexity index is 567. The van der Waals surface area contributed by atoms with E-state index in [0.29, 0.717) is 5.95 Å². The molecule has 2 aromatic heterocycles. The van der Waals surface area contributed by atoms with Gasteiger partial charge in [-0.05, 0) is 26.7 Å². The average Bonchev–Trinajstić information content (AvgIpc) is 2.94. The van der Waals surface area contributed by atoms with E-state index < -0.39 is 0 Å². The number of rotatable bonds is 1. The summed E-state index contributed by atoms with van der Waals surface area (Å²) in [6.45, 7) is 6.27. The van der Waals surface area contributed by atoms with Gasteiger partial charge in [-0.3, -0.25) is 0 Å².